The minimum Gasteiger partial charge on any atom is -0.464 e. The van der Waals surface area contributed by atoms with E-state index in [4.69, 9.17) is 13.3 Å². The predicted octanol–water partition coefficient (Wildman–Crippen LogP) is 11.9. The lowest BCUT2D eigenvalue weighted by Crippen LogP contribution is -1.90. The number of furan rings is 3. The van der Waals surface area contributed by atoms with Crippen molar-refractivity contribution in [3.8, 4) is 22.3 Å². The van der Waals surface area contributed by atoms with Crippen LogP contribution in [0.1, 0.15) is 0 Å². The van der Waals surface area contributed by atoms with Gasteiger partial charge < -0.3 is 13.3 Å². The van der Waals surface area contributed by atoms with Gasteiger partial charge in [-0.25, -0.2) is 0 Å². The van der Waals surface area contributed by atoms with Gasteiger partial charge in [-0.1, -0.05) is 78.9 Å². The van der Waals surface area contributed by atoms with Crippen molar-refractivity contribution in [2.75, 3.05) is 0 Å². The van der Waals surface area contributed by atoms with Gasteiger partial charge in [0.15, 0.2) is 0 Å². The first kappa shape index (κ1) is 22.8. The van der Waals surface area contributed by atoms with Crippen LogP contribution in [-0.4, -0.2) is 0 Å². The summed E-state index contributed by atoms with van der Waals surface area (Å²) < 4.78 is 18.2. The average Bonchev–Trinajstić information content (AvgIpc) is 3.76. The van der Waals surface area contributed by atoms with E-state index in [1.54, 1.807) is 6.26 Å². The quantitative estimate of drug-likeness (QED) is 0.201. The van der Waals surface area contributed by atoms with E-state index in [1.165, 1.54) is 32.7 Å². The number of fused-ring (bicyclic) bond motifs is 9. The van der Waals surface area contributed by atoms with Crippen molar-refractivity contribution in [3.05, 3.63) is 134 Å². The van der Waals surface area contributed by atoms with Crippen LogP contribution in [-0.2, 0) is 0 Å². The lowest BCUT2D eigenvalue weighted by Gasteiger charge is -2.17. The minimum atomic E-state index is 0.834. The molecule has 3 nitrogen and oxygen atoms in total. The lowest BCUT2D eigenvalue weighted by molar-refractivity contribution is 0.613. The molecule has 0 atom stereocenters. The molecule has 0 aliphatic rings. The Morgan fingerprint density at radius 1 is 0.326 bits per heavy atom. The van der Waals surface area contributed by atoms with Crippen molar-refractivity contribution in [1.29, 1.82) is 0 Å². The first-order valence-corrected chi connectivity index (χ1v) is 14.5. The molecule has 0 bridgehead atoms. The van der Waals surface area contributed by atoms with Gasteiger partial charge in [0.1, 0.15) is 27.9 Å². The lowest BCUT2D eigenvalue weighted by atomic mass is 9.85. The molecule has 200 valence electrons. The third-order valence-electron chi connectivity index (χ3n) is 8.93. The standard InChI is InChI=1S/C40H22O3/c1-3-10-30-28(8-1)39(24-14-16-35-32(20-24)33-19-23-17-18-41-36(23)22-38(33)43-35)29-9-2-4-11-31(29)40(30)25-13-15-27-26-7-5-6-12-34(26)42-37(27)21-25/h1-22H. The van der Waals surface area contributed by atoms with E-state index in [1.807, 2.05) is 24.3 Å². The first-order valence-electron chi connectivity index (χ1n) is 14.5. The Morgan fingerprint density at radius 2 is 0.860 bits per heavy atom. The Balaban J connectivity index is 1.27. The summed E-state index contributed by atoms with van der Waals surface area (Å²) in [6, 6.07) is 45.1. The molecule has 0 radical (unpaired) electrons. The molecule has 0 amide bonds. The summed E-state index contributed by atoms with van der Waals surface area (Å²) in [5, 5.41) is 10.4. The largest absolute Gasteiger partial charge is 0.464 e. The highest BCUT2D eigenvalue weighted by Gasteiger charge is 2.19. The van der Waals surface area contributed by atoms with Gasteiger partial charge in [-0.2, -0.15) is 0 Å². The van der Waals surface area contributed by atoms with Gasteiger partial charge in [0.2, 0.25) is 0 Å². The number of rotatable bonds is 2. The zero-order valence-electron chi connectivity index (χ0n) is 22.9. The molecule has 0 spiro atoms. The molecule has 3 heterocycles. The number of hydrogen-bond donors (Lipinski definition) is 0. The van der Waals surface area contributed by atoms with Crippen molar-refractivity contribution in [3.63, 3.8) is 0 Å². The van der Waals surface area contributed by atoms with Crippen LogP contribution in [0.15, 0.2) is 147 Å². The fourth-order valence-electron chi connectivity index (χ4n) is 7.02. The third kappa shape index (κ3) is 3.19. The minimum absolute atomic E-state index is 0.834. The van der Waals surface area contributed by atoms with Gasteiger partial charge in [0, 0.05) is 33.0 Å². The summed E-state index contributed by atoms with van der Waals surface area (Å²) >= 11 is 0. The second-order valence-electron chi connectivity index (χ2n) is 11.3. The molecule has 43 heavy (non-hydrogen) atoms. The Labute approximate surface area is 245 Å². The Morgan fingerprint density at radius 3 is 1.58 bits per heavy atom. The first-order chi connectivity index (χ1) is 21.3. The third-order valence-corrected chi connectivity index (χ3v) is 8.93. The molecule has 0 unspecified atom stereocenters. The summed E-state index contributed by atoms with van der Waals surface area (Å²) in [7, 11) is 0. The molecule has 0 saturated carbocycles. The van der Waals surface area contributed by atoms with Crippen LogP contribution in [0, 0.1) is 0 Å². The fraction of sp³-hybridized carbons (Fsp3) is 0. The van der Waals surface area contributed by atoms with Crippen LogP contribution < -0.4 is 0 Å². The zero-order chi connectivity index (χ0) is 28.1. The van der Waals surface area contributed by atoms with Gasteiger partial charge in [0.25, 0.3) is 0 Å². The topological polar surface area (TPSA) is 39.4 Å². The van der Waals surface area contributed by atoms with Gasteiger partial charge >= 0.3 is 0 Å². The number of hydrogen-bond acceptors (Lipinski definition) is 3. The second kappa shape index (κ2) is 8.37. The highest BCUT2D eigenvalue weighted by atomic mass is 16.3. The van der Waals surface area contributed by atoms with Crippen LogP contribution in [0.3, 0.4) is 0 Å². The Hall–Kier alpha value is -5.80. The molecule has 7 aromatic carbocycles. The molecule has 10 aromatic rings. The van der Waals surface area contributed by atoms with E-state index in [2.05, 4.69) is 103 Å². The van der Waals surface area contributed by atoms with Crippen molar-refractivity contribution >= 4 is 76.4 Å². The van der Waals surface area contributed by atoms with Gasteiger partial charge in [-0.05, 0) is 86.3 Å². The van der Waals surface area contributed by atoms with Crippen LogP contribution in [0.25, 0.3) is 98.6 Å². The van der Waals surface area contributed by atoms with Crippen molar-refractivity contribution < 1.29 is 13.3 Å². The maximum atomic E-state index is 6.31. The number of benzene rings is 7. The molecule has 0 aliphatic heterocycles. The van der Waals surface area contributed by atoms with Crippen LogP contribution >= 0.6 is 0 Å². The normalized spacial score (nSPS) is 12.2. The SMILES string of the molecule is c1ccc2c(c1)oc1cc(-c3c4ccccc4c(-c4ccc5oc6cc7occc7cc6c5c4)c4ccccc34)ccc12. The summed E-state index contributed by atoms with van der Waals surface area (Å²) in [4.78, 5) is 0. The van der Waals surface area contributed by atoms with E-state index >= 15 is 0 Å². The molecule has 0 saturated heterocycles. The Bertz CT molecular complexity index is 2680. The zero-order valence-corrected chi connectivity index (χ0v) is 22.9. The van der Waals surface area contributed by atoms with Crippen LogP contribution in [0.4, 0.5) is 0 Å². The van der Waals surface area contributed by atoms with E-state index in [9.17, 15) is 0 Å². The highest BCUT2D eigenvalue weighted by molar-refractivity contribution is 6.23. The fourth-order valence-corrected chi connectivity index (χ4v) is 7.02. The summed E-state index contributed by atoms with van der Waals surface area (Å²) in [6.45, 7) is 0. The van der Waals surface area contributed by atoms with Crippen molar-refractivity contribution in [1.82, 2.24) is 0 Å². The van der Waals surface area contributed by atoms with Crippen molar-refractivity contribution in [2.45, 2.75) is 0 Å². The van der Waals surface area contributed by atoms with E-state index < -0.39 is 0 Å². The molecule has 0 aliphatic carbocycles. The molecule has 0 N–H and O–H groups in total. The highest BCUT2D eigenvalue weighted by Crippen LogP contribution is 2.45. The summed E-state index contributed by atoms with van der Waals surface area (Å²) in [5.74, 6) is 0. The summed E-state index contributed by atoms with van der Waals surface area (Å²) in [5.41, 5.74) is 9.10. The second-order valence-corrected chi connectivity index (χ2v) is 11.3. The smallest absolute Gasteiger partial charge is 0.139 e. The number of para-hydroxylation sites is 1. The van der Waals surface area contributed by atoms with E-state index in [0.717, 1.165) is 66.0 Å². The molecule has 3 heteroatoms. The van der Waals surface area contributed by atoms with Gasteiger partial charge in [0.05, 0.1) is 6.26 Å². The molecule has 3 aromatic heterocycles. The molecular weight excluding hydrogens is 528 g/mol. The predicted molar refractivity (Wildman–Crippen MR) is 177 cm³/mol. The van der Waals surface area contributed by atoms with E-state index in [0.29, 0.717) is 0 Å². The van der Waals surface area contributed by atoms with E-state index in [-0.39, 0.29) is 0 Å². The monoisotopic (exact) mass is 550 g/mol. The average molecular weight is 551 g/mol. The summed E-state index contributed by atoms with van der Waals surface area (Å²) in [6.07, 6.45) is 1.73. The molecular formula is C40H22O3. The van der Waals surface area contributed by atoms with Crippen LogP contribution in [0.2, 0.25) is 0 Å². The maximum absolute atomic E-state index is 6.31. The van der Waals surface area contributed by atoms with Crippen molar-refractivity contribution in [2.24, 2.45) is 0 Å². The van der Waals surface area contributed by atoms with Gasteiger partial charge in [-0.15, -0.1) is 0 Å². The Kier molecular flexibility index (Phi) is 4.45. The molecule has 10 rings (SSSR count). The van der Waals surface area contributed by atoms with Gasteiger partial charge in [-0.3, -0.25) is 0 Å². The maximum Gasteiger partial charge on any atom is 0.139 e. The van der Waals surface area contributed by atoms with Crippen LogP contribution in [0.5, 0.6) is 0 Å². The molecule has 0 fully saturated rings.